The van der Waals surface area contributed by atoms with Crippen molar-refractivity contribution in [1.29, 1.82) is 0 Å². The van der Waals surface area contributed by atoms with Crippen LogP contribution in [0.1, 0.15) is 45.4 Å². The number of aryl methyl sites for hydroxylation is 1. The molecule has 6 nitrogen and oxygen atoms in total. The van der Waals surface area contributed by atoms with Gasteiger partial charge >= 0.3 is 6.09 Å². The van der Waals surface area contributed by atoms with E-state index in [4.69, 9.17) is 9.15 Å². The van der Waals surface area contributed by atoms with Gasteiger partial charge in [-0.05, 0) is 39.5 Å². The van der Waals surface area contributed by atoms with Crippen molar-refractivity contribution in [3.8, 4) is 0 Å². The van der Waals surface area contributed by atoms with Crippen LogP contribution in [0.3, 0.4) is 0 Å². The quantitative estimate of drug-likeness (QED) is 0.908. The van der Waals surface area contributed by atoms with E-state index in [2.05, 4.69) is 15.5 Å². The summed E-state index contributed by atoms with van der Waals surface area (Å²) in [7, 11) is 0. The van der Waals surface area contributed by atoms with Crippen molar-refractivity contribution in [2.45, 2.75) is 58.6 Å². The summed E-state index contributed by atoms with van der Waals surface area (Å²) in [5, 5.41) is 10.6. The first-order chi connectivity index (χ1) is 8.82. The van der Waals surface area contributed by atoms with Crippen LogP contribution < -0.4 is 5.32 Å². The van der Waals surface area contributed by atoms with Crippen molar-refractivity contribution in [1.82, 2.24) is 15.5 Å². The van der Waals surface area contributed by atoms with Crippen LogP contribution >= 0.6 is 0 Å². The first-order valence-corrected chi connectivity index (χ1v) is 6.60. The average Bonchev–Trinajstić information content (AvgIpc) is 2.58. The van der Waals surface area contributed by atoms with Gasteiger partial charge in [-0.1, -0.05) is 0 Å². The molecule has 0 unspecified atom stereocenters. The Labute approximate surface area is 112 Å². The Bertz CT molecular complexity index is 444. The minimum absolute atomic E-state index is 0.198. The summed E-state index contributed by atoms with van der Waals surface area (Å²) in [6.07, 6.45) is 2.30. The maximum atomic E-state index is 11.6. The third kappa shape index (κ3) is 4.22. The summed E-state index contributed by atoms with van der Waals surface area (Å²) in [5.74, 6) is 1.77. The number of nitrogens with one attached hydrogen (secondary N) is 1. The van der Waals surface area contributed by atoms with E-state index in [1.807, 2.05) is 20.8 Å². The molecular formula is C13H21N3O3. The number of ether oxygens (including phenoxy) is 1. The molecule has 1 fully saturated rings. The van der Waals surface area contributed by atoms with Crippen LogP contribution in [0.25, 0.3) is 0 Å². The maximum Gasteiger partial charge on any atom is 0.407 e. The maximum absolute atomic E-state index is 11.6. The van der Waals surface area contributed by atoms with E-state index in [0.29, 0.717) is 17.7 Å². The van der Waals surface area contributed by atoms with E-state index >= 15 is 0 Å². The van der Waals surface area contributed by atoms with Crippen molar-refractivity contribution in [2.75, 3.05) is 0 Å². The van der Waals surface area contributed by atoms with Crippen LogP contribution in [0.2, 0.25) is 0 Å². The SMILES string of the molecule is Cc1nnc(C[C@H]2C[C@H](NC(=O)OC(C)(C)C)C2)o1. The second-order valence-corrected chi connectivity index (χ2v) is 6.10. The Hall–Kier alpha value is -1.59. The molecule has 2 rings (SSSR count). The highest BCUT2D eigenvalue weighted by Gasteiger charge is 2.32. The van der Waals surface area contributed by atoms with Gasteiger partial charge in [-0.25, -0.2) is 4.79 Å². The van der Waals surface area contributed by atoms with E-state index < -0.39 is 5.60 Å². The first-order valence-electron chi connectivity index (χ1n) is 6.60. The molecular weight excluding hydrogens is 246 g/mol. The Kier molecular flexibility index (Phi) is 3.78. The minimum Gasteiger partial charge on any atom is -0.444 e. The predicted octanol–water partition coefficient (Wildman–Crippen LogP) is 2.22. The van der Waals surface area contributed by atoms with Gasteiger partial charge in [-0.2, -0.15) is 0 Å². The predicted molar refractivity (Wildman–Crippen MR) is 68.6 cm³/mol. The Morgan fingerprint density at radius 3 is 2.63 bits per heavy atom. The van der Waals surface area contributed by atoms with E-state index in [1.54, 1.807) is 6.92 Å². The second kappa shape index (κ2) is 5.19. The molecule has 106 valence electrons. The van der Waals surface area contributed by atoms with Gasteiger partial charge in [0.1, 0.15) is 5.60 Å². The lowest BCUT2D eigenvalue weighted by Crippen LogP contribution is -2.46. The molecule has 0 radical (unpaired) electrons. The van der Waals surface area contributed by atoms with Crippen molar-refractivity contribution < 1.29 is 13.9 Å². The fourth-order valence-corrected chi connectivity index (χ4v) is 2.16. The molecule has 0 aromatic carbocycles. The molecule has 1 aliphatic rings. The molecule has 1 aliphatic carbocycles. The van der Waals surface area contributed by atoms with E-state index in [1.165, 1.54) is 0 Å². The van der Waals surface area contributed by atoms with Gasteiger partial charge in [0, 0.05) is 19.4 Å². The van der Waals surface area contributed by atoms with Crippen LogP contribution in [0.15, 0.2) is 4.42 Å². The lowest BCUT2D eigenvalue weighted by molar-refractivity contribution is 0.0451. The molecule has 1 aromatic heterocycles. The molecule has 0 spiro atoms. The highest BCUT2D eigenvalue weighted by Crippen LogP contribution is 2.30. The molecule has 0 atom stereocenters. The Morgan fingerprint density at radius 1 is 1.42 bits per heavy atom. The second-order valence-electron chi connectivity index (χ2n) is 6.10. The third-order valence-corrected chi connectivity index (χ3v) is 2.99. The normalized spacial score (nSPS) is 22.7. The zero-order chi connectivity index (χ0) is 14.0. The molecule has 0 saturated heterocycles. The number of hydrogen-bond donors (Lipinski definition) is 1. The summed E-state index contributed by atoms with van der Waals surface area (Å²) in [5.41, 5.74) is -0.450. The summed E-state index contributed by atoms with van der Waals surface area (Å²) in [6, 6.07) is 0.198. The van der Waals surface area contributed by atoms with Crippen molar-refractivity contribution in [3.05, 3.63) is 11.8 Å². The van der Waals surface area contributed by atoms with E-state index in [0.717, 1.165) is 19.3 Å². The molecule has 6 heteroatoms. The number of amides is 1. The van der Waals surface area contributed by atoms with Crippen LogP contribution in [0.4, 0.5) is 4.79 Å². The van der Waals surface area contributed by atoms with Crippen molar-refractivity contribution in [2.24, 2.45) is 5.92 Å². The van der Waals surface area contributed by atoms with Gasteiger partial charge in [0.15, 0.2) is 0 Å². The number of carbonyl (C=O) groups is 1. The number of rotatable bonds is 3. The lowest BCUT2D eigenvalue weighted by Gasteiger charge is -2.35. The first kappa shape index (κ1) is 13.8. The van der Waals surface area contributed by atoms with Gasteiger partial charge in [-0.3, -0.25) is 0 Å². The Balaban J connectivity index is 1.67. The van der Waals surface area contributed by atoms with Crippen molar-refractivity contribution in [3.63, 3.8) is 0 Å². The summed E-state index contributed by atoms with van der Waals surface area (Å²) in [6.45, 7) is 7.35. The topological polar surface area (TPSA) is 77.2 Å². The fourth-order valence-electron chi connectivity index (χ4n) is 2.16. The molecule has 19 heavy (non-hydrogen) atoms. The monoisotopic (exact) mass is 267 g/mol. The Morgan fingerprint density at radius 2 is 2.11 bits per heavy atom. The summed E-state index contributed by atoms with van der Waals surface area (Å²) < 4.78 is 10.5. The highest BCUT2D eigenvalue weighted by atomic mass is 16.6. The van der Waals surface area contributed by atoms with Gasteiger partial charge in [0.2, 0.25) is 11.8 Å². The van der Waals surface area contributed by atoms with Crippen molar-refractivity contribution >= 4 is 6.09 Å². The highest BCUT2D eigenvalue weighted by molar-refractivity contribution is 5.68. The lowest BCUT2D eigenvalue weighted by atomic mass is 9.78. The molecule has 1 heterocycles. The fraction of sp³-hybridized carbons (Fsp3) is 0.769. The van der Waals surface area contributed by atoms with E-state index in [9.17, 15) is 4.79 Å². The van der Waals surface area contributed by atoms with E-state index in [-0.39, 0.29) is 12.1 Å². The largest absolute Gasteiger partial charge is 0.444 e. The van der Waals surface area contributed by atoms with Gasteiger partial charge in [0.25, 0.3) is 0 Å². The smallest absolute Gasteiger partial charge is 0.407 e. The van der Waals surface area contributed by atoms with Crippen LogP contribution in [0.5, 0.6) is 0 Å². The zero-order valence-corrected chi connectivity index (χ0v) is 11.9. The third-order valence-electron chi connectivity index (χ3n) is 2.99. The standard InChI is InChI=1S/C13H21N3O3/c1-8-15-16-11(18-8)7-9-5-10(6-9)14-12(17)19-13(2,3)4/h9-10H,5-7H2,1-4H3,(H,14,17)/t9-,10-. The van der Waals surface area contributed by atoms with Gasteiger partial charge < -0.3 is 14.5 Å². The summed E-state index contributed by atoms with van der Waals surface area (Å²) >= 11 is 0. The molecule has 1 amide bonds. The number of carbonyl (C=O) groups excluding carboxylic acids is 1. The summed E-state index contributed by atoms with van der Waals surface area (Å²) in [4.78, 5) is 11.6. The number of nitrogens with zero attached hydrogens (tertiary/aromatic N) is 2. The number of alkyl carbamates (subject to hydrolysis) is 1. The molecule has 0 bridgehead atoms. The molecule has 1 N–H and O–H groups in total. The number of aromatic nitrogens is 2. The van der Waals surface area contributed by atoms with Crippen LogP contribution in [0, 0.1) is 12.8 Å². The molecule has 1 saturated carbocycles. The van der Waals surface area contributed by atoms with Crippen LogP contribution in [-0.2, 0) is 11.2 Å². The van der Waals surface area contributed by atoms with Gasteiger partial charge in [0.05, 0.1) is 0 Å². The van der Waals surface area contributed by atoms with Gasteiger partial charge in [-0.15, -0.1) is 10.2 Å². The molecule has 1 aromatic rings. The van der Waals surface area contributed by atoms with Crippen LogP contribution in [-0.4, -0.2) is 27.9 Å². The minimum atomic E-state index is -0.450. The average molecular weight is 267 g/mol. The number of hydrogen-bond acceptors (Lipinski definition) is 5. The molecule has 0 aliphatic heterocycles. The zero-order valence-electron chi connectivity index (χ0n) is 11.9.